The molecule has 0 fully saturated rings. The smallest absolute Gasteiger partial charge is 0.416 e. The molecule has 0 unspecified atom stereocenters. The van der Waals surface area contributed by atoms with Crippen LogP contribution in [0.15, 0.2) is 36.4 Å². The third kappa shape index (κ3) is 4.06. The maximum atomic E-state index is 13.0. The standard InChI is InChI=1S/C20H21F3N2O3/c1-26-9-8-25-16-6-5-14(20(21,22)23)12-15(16)24-19(25)11-13-4-7-17(27-2)18(10-13)28-3/h4-7,10,12H,8-9,11H2,1-3H3. The number of hydrogen-bond donors (Lipinski definition) is 0. The van der Waals surface area contributed by atoms with Crippen LogP contribution in [-0.4, -0.2) is 37.5 Å². The molecular formula is C20H21F3N2O3. The van der Waals surface area contributed by atoms with Crippen molar-refractivity contribution in [3.63, 3.8) is 0 Å². The van der Waals surface area contributed by atoms with Gasteiger partial charge in [0.1, 0.15) is 5.82 Å². The first kappa shape index (κ1) is 20.0. The highest BCUT2D eigenvalue weighted by molar-refractivity contribution is 5.77. The molecule has 0 amide bonds. The molecular weight excluding hydrogens is 373 g/mol. The molecule has 1 aromatic heterocycles. The molecule has 8 heteroatoms. The molecule has 0 N–H and O–H groups in total. The molecule has 0 saturated carbocycles. The minimum absolute atomic E-state index is 0.307. The second kappa shape index (κ2) is 8.10. The van der Waals surface area contributed by atoms with E-state index in [0.717, 1.165) is 17.7 Å². The molecule has 0 atom stereocenters. The predicted molar refractivity (Wildman–Crippen MR) is 99.0 cm³/mol. The van der Waals surface area contributed by atoms with Crippen molar-refractivity contribution in [2.45, 2.75) is 19.1 Å². The van der Waals surface area contributed by atoms with Crippen molar-refractivity contribution in [1.29, 1.82) is 0 Å². The lowest BCUT2D eigenvalue weighted by Gasteiger charge is -2.11. The van der Waals surface area contributed by atoms with Crippen LogP contribution < -0.4 is 9.47 Å². The van der Waals surface area contributed by atoms with Gasteiger partial charge in [-0.15, -0.1) is 0 Å². The first-order valence-electron chi connectivity index (χ1n) is 8.63. The zero-order valence-corrected chi connectivity index (χ0v) is 15.8. The topological polar surface area (TPSA) is 45.5 Å². The second-order valence-corrected chi connectivity index (χ2v) is 6.24. The number of fused-ring (bicyclic) bond motifs is 1. The Labute approximate surface area is 160 Å². The van der Waals surface area contributed by atoms with Crippen molar-refractivity contribution in [2.24, 2.45) is 0 Å². The van der Waals surface area contributed by atoms with Crippen LogP contribution in [0.5, 0.6) is 11.5 Å². The number of benzene rings is 2. The van der Waals surface area contributed by atoms with Gasteiger partial charge in [-0.3, -0.25) is 0 Å². The zero-order chi connectivity index (χ0) is 20.3. The van der Waals surface area contributed by atoms with Crippen LogP contribution in [0.1, 0.15) is 17.0 Å². The number of halogens is 3. The molecule has 3 rings (SSSR count). The Morgan fingerprint density at radius 2 is 1.71 bits per heavy atom. The highest BCUT2D eigenvalue weighted by Gasteiger charge is 2.31. The molecule has 5 nitrogen and oxygen atoms in total. The number of ether oxygens (including phenoxy) is 3. The number of alkyl halides is 3. The molecule has 28 heavy (non-hydrogen) atoms. The summed E-state index contributed by atoms with van der Waals surface area (Å²) in [6, 6.07) is 9.11. The molecule has 3 aromatic rings. The molecule has 150 valence electrons. The quantitative estimate of drug-likeness (QED) is 0.599. The first-order valence-corrected chi connectivity index (χ1v) is 8.63. The Balaban J connectivity index is 2.03. The van der Waals surface area contributed by atoms with Crippen molar-refractivity contribution in [2.75, 3.05) is 27.9 Å². The van der Waals surface area contributed by atoms with Gasteiger partial charge in [-0.05, 0) is 35.9 Å². The van der Waals surface area contributed by atoms with Gasteiger partial charge in [0, 0.05) is 20.1 Å². The number of imidazole rings is 1. The number of hydrogen-bond acceptors (Lipinski definition) is 4. The third-order valence-electron chi connectivity index (χ3n) is 4.48. The minimum atomic E-state index is -4.41. The first-order chi connectivity index (χ1) is 13.4. The van der Waals surface area contributed by atoms with E-state index >= 15 is 0 Å². The monoisotopic (exact) mass is 394 g/mol. The van der Waals surface area contributed by atoms with Crippen LogP contribution in [0.4, 0.5) is 13.2 Å². The van der Waals surface area contributed by atoms with E-state index < -0.39 is 11.7 Å². The highest BCUT2D eigenvalue weighted by atomic mass is 19.4. The molecule has 1 heterocycles. The summed E-state index contributed by atoms with van der Waals surface area (Å²) in [5, 5.41) is 0. The van der Waals surface area contributed by atoms with E-state index in [1.807, 2.05) is 16.7 Å². The normalized spacial score (nSPS) is 11.8. The Hall–Kier alpha value is -2.74. The summed E-state index contributed by atoms with van der Waals surface area (Å²) in [6.45, 7) is 0.909. The summed E-state index contributed by atoms with van der Waals surface area (Å²) in [7, 11) is 4.68. The van der Waals surface area contributed by atoms with E-state index in [0.29, 0.717) is 47.9 Å². The molecule has 0 radical (unpaired) electrons. The van der Waals surface area contributed by atoms with Crippen molar-refractivity contribution < 1.29 is 27.4 Å². The van der Waals surface area contributed by atoms with Crippen LogP contribution >= 0.6 is 0 Å². The van der Waals surface area contributed by atoms with Crippen molar-refractivity contribution in [3.8, 4) is 11.5 Å². The molecule has 0 aliphatic heterocycles. The van der Waals surface area contributed by atoms with Gasteiger partial charge in [0.2, 0.25) is 0 Å². The van der Waals surface area contributed by atoms with Gasteiger partial charge in [-0.25, -0.2) is 4.98 Å². The zero-order valence-electron chi connectivity index (χ0n) is 15.8. The lowest BCUT2D eigenvalue weighted by Crippen LogP contribution is -2.09. The lowest BCUT2D eigenvalue weighted by atomic mass is 10.1. The molecule has 0 bridgehead atoms. The van der Waals surface area contributed by atoms with Gasteiger partial charge < -0.3 is 18.8 Å². The van der Waals surface area contributed by atoms with Crippen LogP contribution in [0.25, 0.3) is 11.0 Å². The Morgan fingerprint density at radius 3 is 2.36 bits per heavy atom. The molecule has 0 saturated heterocycles. The molecule has 2 aromatic carbocycles. The second-order valence-electron chi connectivity index (χ2n) is 6.24. The van der Waals surface area contributed by atoms with E-state index in [2.05, 4.69) is 4.98 Å². The third-order valence-corrected chi connectivity index (χ3v) is 4.48. The van der Waals surface area contributed by atoms with E-state index in [1.54, 1.807) is 27.4 Å². The summed E-state index contributed by atoms with van der Waals surface area (Å²) >= 11 is 0. The van der Waals surface area contributed by atoms with E-state index in [9.17, 15) is 13.2 Å². The molecule has 0 spiro atoms. The van der Waals surface area contributed by atoms with Crippen LogP contribution in [-0.2, 0) is 23.9 Å². The van der Waals surface area contributed by atoms with E-state index in [4.69, 9.17) is 14.2 Å². The fourth-order valence-corrected chi connectivity index (χ4v) is 3.10. The summed E-state index contributed by atoms with van der Waals surface area (Å²) in [6.07, 6.45) is -3.98. The van der Waals surface area contributed by atoms with Gasteiger partial charge in [0.25, 0.3) is 0 Å². The summed E-state index contributed by atoms with van der Waals surface area (Å²) in [5.41, 5.74) is 1.14. The maximum absolute atomic E-state index is 13.0. The van der Waals surface area contributed by atoms with Crippen LogP contribution in [0.2, 0.25) is 0 Å². The van der Waals surface area contributed by atoms with E-state index in [1.165, 1.54) is 6.07 Å². The average Bonchev–Trinajstić information content (AvgIpc) is 3.01. The van der Waals surface area contributed by atoms with Gasteiger partial charge >= 0.3 is 6.18 Å². The summed E-state index contributed by atoms with van der Waals surface area (Å²) in [4.78, 5) is 4.47. The van der Waals surface area contributed by atoms with Gasteiger partial charge in [0.15, 0.2) is 11.5 Å². The van der Waals surface area contributed by atoms with E-state index in [-0.39, 0.29) is 0 Å². The molecule has 0 aliphatic rings. The van der Waals surface area contributed by atoms with Crippen LogP contribution in [0.3, 0.4) is 0 Å². The Kier molecular flexibility index (Phi) is 5.79. The number of nitrogens with zero attached hydrogens (tertiary/aromatic N) is 2. The number of methoxy groups -OCH3 is 3. The fraction of sp³-hybridized carbons (Fsp3) is 0.350. The number of rotatable bonds is 7. The number of aromatic nitrogens is 2. The van der Waals surface area contributed by atoms with Gasteiger partial charge in [-0.2, -0.15) is 13.2 Å². The summed E-state index contributed by atoms with van der Waals surface area (Å²) in [5.74, 6) is 1.84. The summed E-state index contributed by atoms with van der Waals surface area (Å²) < 4.78 is 56.7. The fourth-order valence-electron chi connectivity index (χ4n) is 3.10. The lowest BCUT2D eigenvalue weighted by molar-refractivity contribution is -0.137. The molecule has 0 aliphatic carbocycles. The van der Waals surface area contributed by atoms with Gasteiger partial charge in [0.05, 0.1) is 37.4 Å². The largest absolute Gasteiger partial charge is 0.493 e. The Morgan fingerprint density at radius 1 is 0.964 bits per heavy atom. The predicted octanol–water partition coefficient (Wildman–Crippen LogP) is 4.31. The SMILES string of the molecule is COCCn1c(Cc2ccc(OC)c(OC)c2)nc2cc(C(F)(F)F)ccc21. The average molecular weight is 394 g/mol. The minimum Gasteiger partial charge on any atom is -0.493 e. The van der Waals surface area contributed by atoms with Crippen molar-refractivity contribution >= 4 is 11.0 Å². The van der Waals surface area contributed by atoms with Gasteiger partial charge in [-0.1, -0.05) is 6.07 Å². The Bertz CT molecular complexity index is 967. The highest BCUT2D eigenvalue weighted by Crippen LogP contribution is 2.32. The van der Waals surface area contributed by atoms with Crippen molar-refractivity contribution in [3.05, 3.63) is 53.3 Å². The van der Waals surface area contributed by atoms with Crippen LogP contribution in [0, 0.1) is 0 Å². The van der Waals surface area contributed by atoms with Crippen molar-refractivity contribution in [1.82, 2.24) is 9.55 Å². The maximum Gasteiger partial charge on any atom is 0.416 e.